The Bertz CT molecular complexity index is 447. The van der Waals surface area contributed by atoms with Gasteiger partial charge in [0.2, 0.25) is 12.5 Å². The summed E-state index contributed by atoms with van der Waals surface area (Å²) in [7, 11) is 1.64. The SMILES string of the molecule is COc1cc([C@@H](N)C2CCCC2)cc2c1OCO2.Cl. The Kier molecular flexibility index (Phi) is 4.42. The molecule has 1 fully saturated rings. The zero-order chi connectivity index (χ0) is 12.5. The first-order chi connectivity index (χ1) is 8.79. The molecule has 2 N–H and O–H groups in total. The van der Waals surface area contributed by atoms with Crippen LogP contribution < -0.4 is 19.9 Å². The monoisotopic (exact) mass is 285 g/mol. The van der Waals surface area contributed by atoms with E-state index >= 15 is 0 Å². The van der Waals surface area contributed by atoms with Gasteiger partial charge in [-0.15, -0.1) is 12.4 Å². The van der Waals surface area contributed by atoms with E-state index in [0.717, 1.165) is 11.3 Å². The van der Waals surface area contributed by atoms with Gasteiger partial charge in [0.15, 0.2) is 11.5 Å². The van der Waals surface area contributed by atoms with E-state index < -0.39 is 0 Å². The Morgan fingerprint density at radius 1 is 1.26 bits per heavy atom. The van der Waals surface area contributed by atoms with Gasteiger partial charge in [-0.25, -0.2) is 0 Å². The lowest BCUT2D eigenvalue weighted by Crippen LogP contribution is -2.19. The average Bonchev–Trinajstić information content (AvgIpc) is 3.07. The Labute approximate surface area is 119 Å². The second-order valence-corrected chi connectivity index (χ2v) is 5.03. The minimum atomic E-state index is 0. The van der Waals surface area contributed by atoms with Crippen LogP contribution in [0.25, 0.3) is 0 Å². The van der Waals surface area contributed by atoms with E-state index in [4.69, 9.17) is 19.9 Å². The molecule has 0 unspecified atom stereocenters. The lowest BCUT2D eigenvalue weighted by molar-refractivity contribution is 0.171. The Hall–Kier alpha value is -1.13. The van der Waals surface area contributed by atoms with E-state index in [1.807, 2.05) is 12.1 Å². The number of methoxy groups -OCH3 is 1. The second kappa shape index (κ2) is 5.88. The van der Waals surface area contributed by atoms with Gasteiger partial charge < -0.3 is 19.9 Å². The number of rotatable bonds is 3. The summed E-state index contributed by atoms with van der Waals surface area (Å²) in [5.41, 5.74) is 7.45. The van der Waals surface area contributed by atoms with Crippen LogP contribution in [0.5, 0.6) is 17.2 Å². The third-order valence-electron chi connectivity index (χ3n) is 3.97. The first-order valence-electron chi connectivity index (χ1n) is 6.52. The molecule has 0 saturated heterocycles. The third-order valence-corrected chi connectivity index (χ3v) is 3.97. The van der Waals surface area contributed by atoms with Crippen LogP contribution in [-0.2, 0) is 0 Å². The number of halogens is 1. The molecule has 0 amide bonds. The summed E-state index contributed by atoms with van der Waals surface area (Å²) in [4.78, 5) is 0. The molecule has 0 radical (unpaired) electrons. The minimum absolute atomic E-state index is 0. The summed E-state index contributed by atoms with van der Waals surface area (Å²) in [5, 5.41) is 0. The van der Waals surface area contributed by atoms with Crippen molar-refractivity contribution >= 4 is 12.4 Å². The van der Waals surface area contributed by atoms with Gasteiger partial charge in [0, 0.05) is 6.04 Å². The van der Waals surface area contributed by atoms with Gasteiger partial charge in [0.1, 0.15) is 0 Å². The predicted octanol–water partition coefficient (Wildman–Crippen LogP) is 3.04. The number of fused-ring (bicyclic) bond motifs is 1. The van der Waals surface area contributed by atoms with Crippen LogP contribution in [0, 0.1) is 5.92 Å². The van der Waals surface area contributed by atoms with Crippen molar-refractivity contribution in [3.8, 4) is 17.2 Å². The highest BCUT2D eigenvalue weighted by molar-refractivity contribution is 5.85. The molecule has 3 rings (SSSR count). The molecule has 1 atom stereocenters. The molecule has 4 nitrogen and oxygen atoms in total. The van der Waals surface area contributed by atoms with E-state index in [2.05, 4.69) is 0 Å². The lowest BCUT2D eigenvalue weighted by atomic mass is 9.92. The minimum Gasteiger partial charge on any atom is -0.493 e. The van der Waals surface area contributed by atoms with E-state index in [0.29, 0.717) is 17.4 Å². The summed E-state index contributed by atoms with van der Waals surface area (Å²) in [6.45, 7) is 0.258. The summed E-state index contributed by atoms with van der Waals surface area (Å²) in [5.74, 6) is 2.74. The average molecular weight is 286 g/mol. The van der Waals surface area contributed by atoms with Gasteiger partial charge in [0.05, 0.1) is 7.11 Å². The van der Waals surface area contributed by atoms with Crippen LogP contribution in [0.4, 0.5) is 0 Å². The van der Waals surface area contributed by atoms with E-state index in [1.165, 1.54) is 25.7 Å². The Morgan fingerprint density at radius 3 is 2.68 bits per heavy atom. The summed E-state index contributed by atoms with van der Waals surface area (Å²) < 4.78 is 16.2. The van der Waals surface area contributed by atoms with E-state index in [9.17, 15) is 0 Å². The maximum absolute atomic E-state index is 6.37. The lowest BCUT2D eigenvalue weighted by Gasteiger charge is -2.20. The highest BCUT2D eigenvalue weighted by Crippen LogP contribution is 2.44. The molecule has 5 heteroatoms. The molecule has 0 aromatic heterocycles. The molecule has 1 saturated carbocycles. The molecule has 19 heavy (non-hydrogen) atoms. The second-order valence-electron chi connectivity index (χ2n) is 5.03. The fourth-order valence-electron chi connectivity index (χ4n) is 2.93. The quantitative estimate of drug-likeness (QED) is 0.927. The van der Waals surface area contributed by atoms with Gasteiger partial charge >= 0.3 is 0 Å². The van der Waals surface area contributed by atoms with Gasteiger partial charge in [0.25, 0.3) is 0 Å². The van der Waals surface area contributed by atoms with Crippen LogP contribution in [0.1, 0.15) is 37.3 Å². The molecular weight excluding hydrogens is 266 g/mol. The van der Waals surface area contributed by atoms with Crippen molar-refractivity contribution < 1.29 is 14.2 Å². The standard InChI is InChI=1S/C14H19NO3.ClH/c1-16-11-6-10(7-12-14(11)18-8-17-12)13(15)9-4-2-3-5-9;/h6-7,9,13H,2-5,8,15H2,1H3;1H/t13-;/m0./s1. The van der Waals surface area contributed by atoms with Gasteiger partial charge in [-0.3, -0.25) is 0 Å². The molecule has 0 spiro atoms. The number of nitrogens with two attached hydrogens (primary N) is 1. The number of hydrogen-bond acceptors (Lipinski definition) is 4. The van der Waals surface area contributed by atoms with Crippen molar-refractivity contribution in [3.63, 3.8) is 0 Å². The van der Waals surface area contributed by atoms with Crippen molar-refractivity contribution in [2.45, 2.75) is 31.7 Å². The molecule has 1 aromatic carbocycles. The first-order valence-corrected chi connectivity index (χ1v) is 6.52. The molecule has 1 aromatic rings. The van der Waals surface area contributed by atoms with Crippen molar-refractivity contribution in [1.29, 1.82) is 0 Å². The topological polar surface area (TPSA) is 53.7 Å². The normalized spacial score (nSPS) is 19.1. The maximum atomic E-state index is 6.37. The molecule has 1 aliphatic carbocycles. The van der Waals surface area contributed by atoms with Crippen molar-refractivity contribution in [2.75, 3.05) is 13.9 Å². The molecule has 1 heterocycles. The van der Waals surface area contributed by atoms with E-state index in [-0.39, 0.29) is 25.2 Å². The Morgan fingerprint density at radius 2 is 2.00 bits per heavy atom. The summed E-state index contributed by atoms with van der Waals surface area (Å²) in [6, 6.07) is 4.04. The maximum Gasteiger partial charge on any atom is 0.231 e. The van der Waals surface area contributed by atoms with Crippen molar-refractivity contribution in [1.82, 2.24) is 0 Å². The fraction of sp³-hybridized carbons (Fsp3) is 0.571. The highest BCUT2D eigenvalue weighted by atomic mass is 35.5. The van der Waals surface area contributed by atoms with Crippen LogP contribution in [0.2, 0.25) is 0 Å². The van der Waals surface area contributed by atoms with Crippen molar-refractivity contribution in [3.05, 3.63) is 17.7 Å². The summed E-state index contributed by atoms with van der Waals surface area (Å²) in [6.07, 6.45) is 5.02. The highest BCUT2D eigenvalue weighted by Gasteiger charge is 2.27. The number of benzene rings is 1. The van der Waals surface area contributed by atoms with Crippen molar-refractivity contribution in [2.24, 2.45) is 11.7 Å². The van der Waals surface area contributed by atoms with Crippen LogP contribution in [0.15, 0.2) is 12.1 Å². The molecular formula is C14H20ClNO3. The predicted molar refractivity (Wildman–Crippen MR) is 75.3 cm³/mol. The van der Waals surface area contributed by atoms with Crippen LogP contribution >= 0.6 is 12.4 Å². The Balaban J connectivity index is 0.00000133. The van der Waals surface area contributed by atoms with Gasteiger partial charge in [-0.05, 0) is 36.5 Å². The zero-order valence-electron chi connectivity index (χ0n) is 11.1. The number of ether oxygens (including phenoxy) is 3. The smallest absolute Gasteiger partial charge is 0.231 e. The van der Waals surface area contributed by atoms with Gasteiger partial charge in [-0.2, -0.15) is 0 Å². The molecule has 2 aliphatic rings. The first kappa shape index (κ1) is 14.3. The van der Waals surface area contributed by atoms with Gasteiger partial charge in [-0.1, -0.05) is 12.8 Å². The molecule has 0 bridgehead atoms. The summed E-state index contributed by atoms with van der Waals surface area (Å²) >= 11 is 0. The van der Waals surface area contributed by atoms with Crippen LogP contribution in [0.3, 0.4) is 0 Å². The molecule has 106 valence electrons. The fourth-order valence-corrected chi connectivity index (χ4v) is 2.93. The van der Waals surface area contributed by atoms with Crippen LogP contribution in [-0.4, -0.2) is 13.9 Å². The number of hydrogen-bond donors (Lipinski definition) is 1. The zero-order valence-corrected chi connectivity index (χ0v) is 11.9. The third kappa shape index (κ3) is 2.60. The largest absolute Gasteiger partial charge is 0.493 e. The van der Waals surface area contributed by atoms with E-state index in [1.54, 1.807) is 7.11 Å². The molecule has 1 aliphatic heterocycles.